The van der Waals surface area contributed by atoms with Gasteiger partial charge in [0.15, 0.2) is 0 Å². The number of hydrogen-bond acceptors (Lipinski definition) is 3. The molecule has 0 saturated carbocycles. The van der Waals surface area contributed by atoms with Crippen LogP contribution in [0.4, 0.5) is 0 Å². The molecule has 0 aromatic heterocycles. The second-order valence-electron chi connectivity index (χ2n) is 5.69. The molecule has 0 aliphatic carbocycles. The van der Waals surface area contributed by atoms with Crippen LogP contribution in [0.3, 0.4) is 0 Å². The summed E-state index contributed by atoms with van der Waals surface area (Å²) in [7, 11) is 1.67. The zero-order valence-electron chi connectivity index (χ0n) is 14.1. The Hall–Kier alpha value is -1.88. The largest absolute Gasteiger partial charge is 0.380 e. The maximum Gasteiger partial charge on any atom is 0.225 e. The van der Waals surface area contributed by atoms with Gasteiger partial charge >= 0.3 is 0 Å². The number of amides is 1. The van der Waals surface area contributed by atoms with Gasteiger partial charge in [0.25, 0.3) is 0 Å². The second kappa shape index (κ2) is 10.1. The first-order valence-electron chi connectivity index (χ1n) is 7.77. The summed E-state index contributed by atoms with van der Waals surface area (Å²) in [5.74, 6) is -0.326. The van der Waals surface area contributed by atoms with Crippen LogP contribution in [0, 0.1) is 5.92 Å². The van der Waals surface area contributed by atoms with Gasteiger partial charge < -0.3 is 15.8 Å². The Labute approximate surface area is 149 Å². The van der Waals surface area contributed by atoms with Crippen LogP contribution >= 0.6 is 12.4 Å². The fourth-order valence-corrected chi connectivity index (χ4v) is 2.40. The Morgan fingerprint density at radius 1 is 1.08 bits per heavy atom. The lowest BCUT2D eigenvalue weighted by Crippen LogP contribution is -2.35. The third-order valence-corrected chi connectivity index (χ3v) is 3.94. The lowest BCUT2D eigenvalue weighted by atomic mass is 9.94. The molecule has 5 heteroatoms. The summed E-state index contributed by atoms with van der Waals surface area (Å²) in [6.45, 7) is 2.95. The number of carbonyl (C=O) groups is 1. The van der Waals surface area contributed by atoms with Crippen molar-refractivity contribution in [2.75, 3.05) is 7.11 Å². The van der Waals surface area contributed by atoms with E-state index in [0.29, 0.717) is 13.2 Å². The van der Waals surface area contributed by atoms with E-state index >= 15 is 0 Å². The van der Waals surface area contributed by atoms with Gasteiger partial charge in [0, 0.05) is 19.7 Å². The van der Waals surface area contributed by atoms with Crippen molar-refractivity contribution in [1.29, 1.82) is 0 Å². The maximum atomic E-state index is 12.3. The summed E-state index contributed by atoms with van der Waals surface area (Å²) in [5.41, 5.74) is 9.33. The molecule has 2 aromatic rings. The molecule has 3 N–H and O–H groups in total. The lowest BCUT2D eigenvalue weighted by molar-refractivity contribution is -0.125. The molecule has 0 fully saturated rings. The van der Waals surface area contributed by atoms with Crippen LogP contribution in [0.25, 0.3) is 0 Å². The average Bonchev–Trinajstić information content (AvgIpc) is 2.60. The van der Waals surface area contributed by atoms with Crippen molar-refractivity contribution >= 4 is 18.3 Å². The van der Waals surface area contributed by atoms with E-state index in [2.05, 4.69) is 5.32 Å². The minimum atomic E-state index is -0.305. The molecule has 2 unspecified atom stereocenters. The molecule has 2 rings (SSSR count). The number of benzene rings is 2. The van der Waals surface area contributed by atoms with Gasteiger partial charge in [0.2, 0.25) is 5.91 Å². The van der Waals surface area contributed by atoms with Crippen LogP contribution in [0.1, 0.15) is 29.7 Å². The summed E-state index contributed by atoms with van der Waals surface area (Å²) >= 11 is 0. The van der Waals surface area contributed by atoms with Gasteiger partial charge in [0.05, 0.1) is 12.5 Å². The van der Waals surface area contributed by atoms with Crippen molar-refractivity contribution < 1.29 is 9.53 Å². The highest BCUT2D eigenvalue weighted by Crippen LogP contribution is 2.19. The van der Waals surface area contributed by atoms with Crippen LogP contribution in [0.5, 0.6) is 0 Å². The van der Waals surface area contributed by atoms with E-state index in [0.717, 1.165) is 16.7 Å². The van der Waals surface area contributed by atoms with Crippen LogP contribution in [0.2, 0.25) is 0 Å². The van der Waals surface area contributed by atoms with E-state index in [1.807, 2.05) is 61.5 Å². The van der Waals surface area contributed by atoms with Crippen molar-refractivity contribution in [3.63, 3.8) is 0 Å². The number of carbonyl (C=O) groups excluding carboxylic acids is 1. The molecule has 1 amide bonds. The number of methoxy groups -OCH3 is 1. The lowest BCUT2D eigenvalue weighted by Gasteiger charge is -2.20. The molecular weight excluding hydrogens is 324 g/mol. The highest BCUT2D eigenvalue weighted by molar-refractivity contribution is 5.85. The van der Waals surface area contributed by atoms with E-state index in [1.165, 1.54) is 0 Å². The monoisotopic (exact) mass is 348 g/mol. The Kier molecular flexibility index (Phi) is 8.47. The fraction of sp³-hybridized carbons (Fsp3) is 0.316. The third-order valence-electron chi connectivity index (χ3n) is 3.94. The van der Waals surface area contributed by atoms with Gasteiger partial charge in [-0.15, -0.1) is 12.4 Å². The SMILES string of the molecule is COCc1ccc(CNC(=O)C(C)C(N)c2ccccc2)cc1.Cl. The highest BCUT2D eigenvalue weighted by Gasteiger charge is 2.21. The number of hydrogen-bond donors (Lipinski definition) is 2. The summed E-state index contributed by atoms with van der Waals surface area (Å²) in [4.78, 5) is 12.3. The highest BCUT2D eigenvalue weighted by atomic mass is 35.5. The zero-order valence-corrected chi connectivity index (χ0v) is 14.9. The van der Waals surface area contributed by atoms with E-state index < -0.39 is 0 Å². The molecule has 2 atom stereocenters. The summed E-state index contributed by atoms with van der Waals surface area (Å²) in [5, 5.41) is 2.95. The molecule has 130 valence electrons. The van der Waals surface area contributed by atoms with Crippen LogP contribution in [-0.2, 0) is 22.7 Å². The molecule has 4 nitrogen and oxygen atoms in total. The number of ether oxygens (including phenoxy) is 1. The number of nitrogens with two attached hydrogens (primary N) is 1. The standard InChI is InChI=1S/C19H24N2O2.ClH/c1-14(18(20)17-6-4-3-5-7-17)19(22)21-12-15-8-10-16(11-9-15)13-23-2;/h3-11,14,18H,12-13,20H2,1-2H3,(H,21,22);1H. The van der Waals surface area contributed by atoms with Crippen molar-refractivity contribution in [3.05, 3.63) is 71.3 Å². The van der Waals surface area contributed by atoms with Gasteiger partial charge in [-0.1, -0.05) is 61.5 Å². The van der Waals surface area contributed by atoms with E-state index in [4.69, 9.17) is 10.5 Å². The molecule has 24 heavy (non-hydrogen) atoms. The number of rotatable bonds is 7. The maximum absolute atomic E-state index is 12.3. The van der Waals surface area contributed by atoms with Gasteiger partial charge in [-0.25, -0.2) is 0 Å². The van der Waals surface area contributed by atoms with E-state index in [9.17, 15) is 4.79 Å². The molecule has 0 saturated heterocycles. The van der Waals surface area contributed by atoms with Gasteiger partial charge in [-0.3, -0.25) is 4.79 Å². The molecular formula is C19H25ClN2O2. The molecule has 0 heterocycles. The van der Waals surface area contributed by atoms with E-state index in [-0.39, 0.29) is 30.3 Å². The Morgan fingerprint density at radius 3 is 2.25 bits per heavy atom. The molecule has 0 aliphatic heterocycles. The third kappa shape index (κ3) is 5.64. The zero-order chi connectivity index (χ0) is 16.7. The fourth-order valence-electron chi connectivity index (χ4n) is 2.40. The summed E-state index contributed by atoms with van der Waals surface area (Å²) < 4.78 is 5.08. The summed E-state index contributed by atoms with van der Waals surface area (Å²) in [6.07, 6.45) is 0. The van der Waals surface area contributed by atoms with E-state index in [1.54, 1.807) is 7.11 Å². The Balaban J connectivity index is 0.00000288. The first kappa shape index (κ1) is 20.2. The first-order chi connectivity index (χ1) is 11.1. The smallest absolute Gasteiger partial charge is 0.225 e. The molecule has 0 spiro atoms. The number of nitrogens with one attached hydrogen (secondary N) is 1. The molecule has 2 aromatic carbocycles. The van der Waals surface area contributed by atoms with Crippen LogP contribution in [-0.4, -0.2) is 13.0 Å². The normalized spacial score (nSPS) is 12.8. The van der Waals surface area contributed by atoms with Crippen molar-refractivity contribution in [1.82, 2.24) is 5.32 Å². The molecule has 0 radical (unpaired) electrons. The predicted octanol–water partition coefficient (Wildman–Crippen LogP) is 3.21. The second-order valence-corrected chi connectivity index (χ2v) is 5.69. The van der Waals surface area contributed by atoms with Crippen molar-refractivity contribution in [3.8, 4) is 0 Å². The first-order valence-corrected chi connectivity index (χ1v) is 7.77. The summed E-state index contributed by atoms with van der Waals surface area (Å²) in [6, 6.07) is 17.4. The van der Waals surface area contributed by atoms with Gasteiger partial charge in [0.1, 0.15) is 0 Å². The van der Waals surface area contributed by atoms with Crippen molar-refractivity contribution in [2.24, 2.45) is 11.7 Å². The van der Waals surface area contributed by atoms with Crippen molar-refractivity contribution in [2.45, 2.75) is 26.1 Å². The number of halogens is 1. The topological polar surface area (TPSA) is 64.3 Å². The quantitative estimate of drug-likeness (QED) is 0.807. The van der Waals surface area contributed by atoms with Gasteiger partial charge in [-0.2, -0.15) is 0 Å². The van der Waals surface area contributed by atoms with Gasteiger partial charge in [-0.05, 0) is 16.7 Å². The predicted molar refractivity (Wildman–Crippen MR) is 98.8 cm³/mol. The van der Waals surface area contributed by atoms with Crippen LogP contribution < -0.4 is 11.1 Å². The minimum absolute atomic E-state index is 0. The average molecular weight is 349 g/mol. The minimum Gasteiger partial charge on any atom is -0.380 e. The Morgan fingerprint density at radius 2 is 1.67 bits per heavy atom. The molecule has 0 aliphatic rings. The Bertz CT molecular complexity index is 617. The van der Waals surface area contributed by atoms with Crippen LogP contribution in [0.15, 0.2) is 54.6 Å². The molecule has 0 bridgehead atoms.